The van der Waals surface area contributed by atoms with Gasteiger partial charge in [-0.05, 0) is 12.5 Å². The van der Waals surface area contributed by atoms with Crippen molar-refractivity contribution in [2.24, 2.45) is 0 Å². The molecule has 1 heterocycles. The zero-order valence-corrected chi connectivity index (χ0v) is 9.12. The fourth-order valence-electron chi connectivity index (χ4n) is 1.44. The van der Waals surface area contributed by atoms with Crippen LogP contribution in [-0.4, -0.2) is 21.3 Å². The predicted octanol–water partition coefficient (Wildman–Crippen LogP) is 2.09. The fourth-order valence-corrected chi connectivity index (χ4v) is 1.44. The molecule has 0 radical (unpaired) electrons. The molecule has 0 aliphatic heterocycles. The van der Waals surface area contributed by atoms with Gasteiger partial charge in [-0.1, -0.05) is 29.4 Å². The Hall–Kier alpha value is -2.14. The molecule has 1 aromatic heterocycles. The lowest BCUT2D eigenvalue weighted by Crippen LogP contribution is -1.91. The summed E-state index contributed by atoms with van der Waals surface area (Å²) < 4.78 is 4.66. The standard InChI is InChI=1S/C12H11NO4/c1-7(14)8-2-4-9(5-3-8)10-6-11(12(15)16)17-13-10/h2-7,14H,1H3,(H,15,16). The monoisotopic (exact) mass is 233 g/mol. The van der Waals surface area contributed by atoms with Crippen LogP contribution in [0.4, 0.5) is 0 Å². The molecule has 0 spiro atoms. The van der Waals surface area contributed by atoms with Crippen molar-refractivity contribution in [3.8, 4) is 11.3 Å². The van der Waals surface area contributed by atoms with Crippen LogP contribution in [0.1, 0.15) is 29.1 Å². The molecule has 17 heavy (non-hydrogen) atoms. The minimum Gasteiger partial charge on any atom is -0.475 e. The summed E-state index contributed by atoms with van der Waals surface area (Å²) in [6.07, 6.45) is -0.532. The van der Waals surface area contributed by atoms with Gasteiger partial charge in [-0.3, -0.25) is 0 Å². The first kappa shape index (κ1) is 11.3. The summed E-state index contributed by atoms with van der Waals surface area (Å²) in [5.41, 5.74) is 1.99. The third-order valence-electron chi connectivity index (χ3n) is 2.41. The van der Waals surface area contributed by atoms with Gasteiger partial charge in [0.15, 0.2) is 0 Å². The van der Waals surface area contributed by atoms with Crippen LogP contribution in [0.25, 0.3) is 11.3 Å². The van der Waals surface area contributed by atoms with E-state index in [0.717, 1.165) is 11.1 Å². The van der Waals surface area contributed by atoms with Gasteiger partial charge >= 0.3 is 5.97 Å². The lowest BCUT2D eigenvalue weighted by atomic mass is 10.1. The molecule has 0 aliphatic rings. The molecule has 0 saturated heterocycles. The number of aromatic carboxylic acids is 1. The Labute approximate surface area is 97.3 Å². The Morgan fingerprint density at radius 2 is 2.00 bits per heavy atom. The predicted molar refractivity (Wildman–Crippen MR) is 59.5 cm³/mol. The Kier molecular flexibility index (Phi) is 2.93. The van der Waals surface area contributed by atoms with Gasteiger partial charge in [0.2, 0.25) is 5.76 Å². The average molecular weight is 233 g/mol. The summed E-state index contributed by atoms with van der Waals surface area (Å²) in [7, 11) is 0. The number of nitrogens with zero attached hydrogens (tertiary/aromatic N) is 1. The third-order valence-corrected chi connectivity index (χ3v) is 2.41. The number of aliphatic hydroxyl groups is 1. The molecule has 5 heteroatoms. The molecule has 0 fully saturated rings. The summed E-state index contributed by atoms with van der Waals surface area (Å²) in [5, 5.41) is 21.7. The SMILES string of the molecule is CC(O)c1ccc(-c2cc(C(=O)O)on2)cc1. The van der Waals surface area contributed by atoms with Crippen molar-refractivity contribution < 1.29 is 19.5 Å². The lowest BCUT2D eigenvalue weighted by molar-refractivity contribution is 0.0652. The van der Waals surface area contributed by atoms with Crippen molar-refractivity contribution >= 4 is 5.97 Å². The first-order valence-electron chi connectivity index (χ1n) is 5.06. The van der Waals surface area contributed by atoms with Crippen LogP contribution >= 0.6 is 0 Å². The van der Waals surface area contributed by atoms with E-state index in [2.05, 4.69) is 9.68 Å². The number of carboxylic acid groups (broad SMARTS) is 1. The Morgan fingerprint density at radius 1 is 1.35 bits per heavy atom. The van der Waals surface area contributed by atoms with E-state index in [1.54, 1.807) is 31.2 Å². The second kappa shape index (κ2) is 4.39. The second-order valence-electron chi connectivity index (χ2n) is 3.68. The van der Waals surface area contributed by atoms with E-state index in [4.69, 9.17) is 5.11 Å². The minimum atomic E-state index is -1.15. The summed E-state index contributed by atoms with van der Waals surface area (Å²) in [4.78, 5) is 10.6. The van der Waals surface area contributed by atoms with E-state index in [1.807, 2.05) is 0 Å². The lowest BCUT2D eigenvalue weighted by Gasteiger charge is -2.04. The zero-order valence-electron chi connectivity index (χ0n) is 9.12. The number of aromatic nitrogens is 1. The van der Waals surface area contributed by atoms with Crippen LogP contribution in [0.2, 0.25) is 0 Å². The molecule has 2 N–H and O–H groups in total. The molecule has 2 aromatic rings. The maximum Gasteiger partial charge on any atom is 0.374 e. The molecular weight excluding hydrogens is 222 g/mol. The number of rotatable bonds is 3. The minimum absolute atomic E-state index is 0.195. The topological polar surface area (TPSA) is 83.6 Å². The van der Waals surface area contributed by atoms with Gasteiger partial charge in [0, 0.05) is 11.6 Å². The molecule has 0 bridgehead atoms. The van der Waals surface area contributed by atoms with Gasteiger partial charge in [-0.15, -0.1) is 0 Å². The fraction of sp³-hybridized carbons (Fsp3) is 0.167. The van der Waals surface area contributed by atoms with Crippen LogP contribution in [0.3, 0.4) is 0 Å². The molecule has 2 rings (SSSR count). The summed E-state index contributed by atoms with van der Waals surface area (Å²) in [6.45, 7) is 1.67. The number of carboxylic acids is 1. The maximum absolute atomic E-state index is 10.6. The first-order chi connectivity index (χ1) is 8.08. The van der Waals surface area contributed by atoms with Gasteiger partial charge in [0.05, 0.1) is 6.10 Å². The third kappa shape index (κ3) is 2.34. The van der Waals surface area contributed by atoms with Crippen molar-refractivity contribution in [1.82, 2.24) is 5.16 Å². The molecule has 0 aliphatic carbocycles. The molecular formula is C12H11NO4. The number of hydrogen-bond acceptors (Lipinski definition) is 4. The van der Waals surface area contributed by atoms with E-state index >= 15 is 0 Å². The van der Waals surface area contributed by atoms with Gasteiger partial charge in [-0.25, -0.2) is 4.79 Å². The molecule has 1 atom stereocenters. The van der Waals surface area contributed by atoms with E-state index in [1.165, 1.54) is 6.07 Å². The molecule has 1 aromatic carbocycles. The van der Waals surface area contributed by atoms with Crippen molar-refractivity contribution in [2.75, 3.05) is 0 Å². The zero-order chi connectivity index (χ0) is 12.4. The van der Waals surface area contributed by atoms with Gasteiger partial charge in [0.25, 0.3) is 0 Å². The van der Waals surface area contributed by atoms with E-state index < -0.39 is 12.1 Å². The molecule has 0 amide bonds. The van der Waals surface area contributed by atoms with Crippen LogP contribution in [0.15, 0.2) is 34.9 Å². The quantitative estimate of drug-likeness (QED) is 0.848. The number of aliphatic hydroxyl groups excluding tert-OH is 1. The molecule has 5 nitrogen and oxygen atoms in total. The smallest absolute Gasteiger partial charge is 0.374 e. The van der Waals surface area contributed by atoms with Crippen molar-refractivity contribution in [1.29, 1.82) is 0 Å². The highest BCUT2D eigenvalue weighted by Gasteiger charge is 2.12. The van der Waals surface area contributed by atoms with Crippen molar-refractivity contribution in [3.05, 3.63) is 41.7 Å². The molecule has 88 valence electrons. The second-order valence-corrected chi connectivity index (χ2v) is 3.68. The number of carbonyl (C=O) groups is 1. The van der Waals surface area contributed by atoms with Crippen LogP contribution in [0, 0.1) is 0 Å². The van der Waals surface area contributed by atoms with E-state index in [-0.39, 0.29) is 5.76 Å². The van der Waals surface area contributed by atoms with Gasteiger partial charge in [-0.2, -0.15) is 0 Å². The van der Waals surface area contributed by atoms with E-state index in [0.29, 0.717) is 5.69 Å². The summed E-state index contributed by atoms with van der Waals surface area (Å²) >= 11 is 0. The Morgan fingerprint density at radius 3 is 2.47 bits per heavy atom. The van der Waals surface area contributed by atoms with Crippen molar-refractivity contribution in [3.63, 3.8) is 0 Å². The number of hydrogen-bond donors (Lipinski definition) is 2. The van der Waals surface area contributed by atoms with Crippen LogP contribution in [-0.2, 0) is 0 Å². The Balaban J connectivity index is 2.30. The largest absolute Gasteiger partial charge is 0.475 e. The highest BCUT2D eigenvalue weighted by atomic mass is 16.5. The van der Waals surface area contributed by atoms with Crippen molar-refractivity contribution in [2.45, 2.75) is 13.0 Å². The maximum atomic E-state index is 10.6. The first-order valence-corrected chi connectivity index (χ1v) is 5.06. The van der Waals surface area contributed by atoms with Gasteiger partial charge < -0.3 is 14.7 Å². The van der Waals surface area contributed by atoms with Crippen LogP contribution in [0.5, 0.6) is 0 Å². The van der Waals surface area contributed by atoms with Crippen LogP contribution < -0.4 is 0 Å². The normalized spacial score (nSPS) is 12.4. The average Bonchev–Trinajstić information content (AvgIpc) is 2.78. The molecule has 1 unspecified atom stereocenters. The highest BCUT2D eigenvalue weighted by Crippen LogP contribution is 2.21. The highest BCUT2D eigenvalue weighted by molar-refractivity contribution is 5.85. The number of benzene rings is 1. The Bertz CT molecular complexity index is 528. The summed E-state index contributed by atoms with van der Waals surface area (Å²) in [6, 6.07) is 8.39. The van der Waals surface area contributed by atoms with E-state index in [9.17, 15) is 9.90 Å². The summed E-state index contributed by atoms with van der Waals surface area (Å²) in [5.74, 6) is -1.34. The molecule has 0 saturated carbocycles. The van der Waals surface area contributed by atoms with Gasteiger partial charge in [0.1, 0.15) is 5.69 Å².